The first-order valence-corrected chi connectivity index (χ1v) is 6.67. The lowest BCUT2D eigenvalue weighted by molar-refractivity contribution is 0.242. The van der Waals surface area contributed by atoms with Crippen LogP contribution in [0.15, 0.2) is 47.1 Å². The van der Waals surface area contributed by atoms with Crippen molar-refractivity contribution in [3.8, 4) is 5.75 Å². The first kappa shape index (κ1) is 13.7. The quantitative estimate of drug-likeness (QED) is 0.854. The summed E-state index contributed by atoms with van der Waals surface area (Å²) >= 11 is 0. The average molecular weight is 259 g/mol. The predicted molar refractivity (Wildman–Crippen MR) is 76.2 cm³/mol. The fourth-order valence-corrected chi connectivity index (χ4v) is 1.91. The summed E-state index contributed by atoms with van der Waals surface area (Å²) in [4.78, 5) is 0. The van der Waals surface area contributed by atoms with Crippen LogP contribution in [0.3, 0.4) is 0 Å². The van der Waals surface area contributed by atoms with Gasteiger partial charge >= 0.3 is 0 Å². The van der Waals surface area contributed by atoms with Gasteiger partial charge in [0.2, 0.25) is 0 Å². The van der Waals surface area contributed by atoms with Crippen molar-refractivity contribution in [3.63, 3.8) is 0 Å². The number of benzene rings is 1. The van der Waals surface area contributed by atoms with Crippen molar-refractivity contribution in [3.05, 3.63) is 54.0 Å². The molecule has 0 spiro atoms. The van der Waals surface area contributed by atoms with Crippen LogP contribution in [-0.4, -0.2) is 6.10 Å². The third-order valence-electron chi connectivity index (χ3n) is 2.89. The molecule has 19 heavy (non-hydrogen) atoms. The van der Waals surface area contributed by atoms with Crippen molar-refractivity contribution in [2.75, 3.05) is 0 Å². The smallest absolute Gasteiger partial charge is 0.120 e. The summed E-state index contributed by atoms with van der Waals surface area (Å²) in [5, 5.41) is 3.43. The van der Waals surface area contributed by atoms with Crippen molar-refractivity contribution in [1.82, 2.24) is 5.32 Å². The maximum atomic E-state index is 5.71. The molecule has 1 aromatic carbocycles. The molecule has 0 aliphatic carbocycles. The van der Waals surface area contributed by atoms with E-state index < -0.39 is 0 Å². The van der Waals surface area contributed by atoms with Crippen molar-refractivity contribution in [2.24, 2.45) is 0 Å². The Morgan fingerprint density at radius 1 is 1.16 bits per heavy atom. The zero-order valence-corrected chi connectivity index (χ0v) is 11.7. The summed E-state index contributed by atoms with van der Waals surface area (Å²) in [7, 11) is 0. The van der Waals surface area contributed by atoms with Gasteiger partial charge in [-0.15, -0.1) is 0 Å². The minimum Gasteiger partial charge on any atom is -0.491 e. The van der Waals surface area contributed by atoms with Crippen LogP contribution in [0.25, 0.3) is 0 Å². The second kappa shape index (κ2) is 6.43. The number of rotatable bonds is 6. The number of hydrogen-bond acceptors (Lipinski definition) is 3. The minimum atomic E-state index is 0.196. The van der Waals surface area contributed by atoms with E-state index in [9.17, 15) is 0 Å². The molecule has 0 radical (unpaired) electrons. The van der Waals surface area contributed by atoms with E-state index in [0.717, 1.165) is 18.1 Å². The Balaban J connectivity index is 1.96. The van der Waals surface area contributed by atoms with Crippen molar-refractivity contribution < 1.29 is 9.15 Å². The van der Waals surface area contributed by atoms with Crippen LogP contribution in [0.5, 0.6) is 5.75 Å². The summed E-state index contributed by atoms with van der Waals surface area (Å²) in [5.41, 5.74) is 1.21. The molecule has 102 valence electrons. The lowest BCUT2D eigenvalue weighted by atomic mass is 10.1. The average Bonchev–Trinajstić information content (AvgIpc) is 2.88. The van der Waals surface area contributed by atoms with Gasteiger partial charge in [0.1, 0.15) is 11.5 Å². The van der Waals surface area contributed by atoms with Gasteiger partial charge in [0, 0.05) is 6.04 Å². The molecule has 3 heteroatoms. The van der Waals surface area contributed by atoms with E-state index in [1.807, 2.05) is 38.1 Å². The molecule has 1 aromatic heterocycles. The standard InChI is InChI=1S/C16H21NO2/c1-12(2)19-15-7-4-6-14(10-15)13(3)17-11-16-8-5-9-18-16/h4-10,12-13,17H,11H2,1-3H3. The van der Waals surface area contributed by atoms with Gasteiger partial charge in [0.25, 0.3) is 0 Å². The second-order valence-corrected chi connectivity index (χ2v) is 4.92. The molecule has 0 aliphatic heterocycles. The van der Waals surface area contributed by atoms with Gasteiger partial charge in [0.15, 0.2) is 0 Å². The molecule has 0 fully saturated rings. The topological polar surface area (TPSA) is 34.4 Å². The number of ether oxygens (including phenoxy) is 1. The Morgan fingerprint density at radius 3 is 2.68 bits per heavy atom. The van der Waals surface area contributed by atoms with Crippen LogP contribution >= 0.6 is 0 Å². The summed E-state index contributed by atoms with van der Waals surface area (Å²) in [6, 6.07) is 12.3. The monoisotopic (exact) mass is 259 g/mol. The zero-order valence-electron chi connectivity index (χ0n) is 11.7. The molecule has 1 unspecified atom stereocenters. The van der Waals surface area contributed by atoms with Crippen LogP contribution in [0.1, 0.15) is 38.1 Å². The molecule has 0 amide bonds. The molecule has 1 atom stereocenters. The second-order valence-electron chi connectivity index (χ2n) is 4.92. The van der Waals surface area contributed by atoms with Gasteiger partial charge in [-0.1, -0.05) is 12.1 Å². The summed E-state index contributed by atoms with van der Waals surface area (Å²) in [6.45, 7) is 6.93. The fraction of sp³-hybridized carbons (Fsp3) is 0.375. The molecule has 0 saturated heterocycles. The van der Waals surface area contributed by atoms with Gasteiger partial charge in [-0.3, -0.25) is 0 Å². The van der Waals surface area contributed by atoms with Crippen LogP contribution < -0.4 is 10.1 Å². The fourth-order valence-electron chi connectivity index (χ4n) is 1.91. The van der Waals surface area contributed by atoms with Crippen LogP contribution in [0.4, 0.5) is 0 Å². The maximum Gasteiger partial charge on any atom is 0.120 e. The molecule has 0 bridgehead atoms. The lowest BCUT2D eigenvalue weighted by Gasteiger charge is -2.16. The Kier molecular flexibility index (Phi) is 4.63. The van der Waals surface area contributed by atoms with Crippen LogP contribution in [0, 0.1) is 0 Å². The first-order valence-electron chi connectivity index (χ1n) is 6.67. The Bertz CT molecular complexity index is 491. The van der Waals surface area contributed by atoms with Crippen molar-refractivity contribution in [1.29, 1.82) is 0 Å². The van der Waals surface area contributed by atoms with Gasteiger partial charge in [-0.25, -0.2) is 0 Å². The molecule has 3 nitrogen and oxygen atoms in total. The molecular weight excluding hydrogens is 238 g/mol. The number of hydrogen-bond donors (Lipinski definition) is 1. The van der Waals surface area contributed by atoms with Gasteiger partial charge in [-0.05, 0) is 50.6 Å². The summed E-state index contributed by atoms with van der Waals surface area (Å²) in [5.74, 6) is 1.86. The molecule has 1 heterocycles. The van der Waals surface area contributed by atoms with E-state index in [0.29, 0.717) is 0 Å². The minimum absolute atomic E-state index is 0.196. The van der Waals surface area contributed by atoms with Crippen LogP contribution in [-0.2, 0) is 6.54 Å². The third-order valence-corrected chi connectivity index (χ3v) is 2.89. The molecular formula is C16H21NO2. The largest absolute Gasteiger partial charge is 0.491 e. The van der Waals surface area contributed by atoms with E-state index in [4.69, 9.17) is 9.15 Å². The molecule has 1 N–H and O–H groups in total. The maximum absolute atomic E-state index is 5.71. The predicted octanol–water partition coefficient (Wildman–Crippen LogP) is 3.92. The molecule has 2 rings (SSSR count). The van der Waals surface area contributed by atoms with E-state index in [1.54, 1.807) is 6.26 Å². The van der Waals surface area contributed by atoms with Crippen molar-refractivity contribution >= 4 is 0 Å². The van der Waals surface area contributed by atoms with E-state index in [-0.39, 0.29) is 12.1 Å². The first-order chi connectivity index (χ1) is 9.15. The van der Waals surface area contributed by atoms with Crippen LogP contribution in [0.2, 0.25) is 0 Å². The number of nitrogens with one attached hydrogen (secondary N) is 1. The summed E-state index contributed by atoms with van der Waals surface area (Å²) in [6.07, 6.45) is 1.89. The molecule has 0 aliphatic rings. The van der Waals surface area contributed by atoms with Gasteiger partial charge in [-0.2, -0.15) is 0 Å². The molecule has 0 saturated carbocycles. The highest BCUT2D eigenvalue weighted by Crippen LogP contribution is 2.20. The highest BCUT2D eigenvalue weighted by Gasteiger charge is 2.07. The number of furan rings is 1. The van der Waals surface area contributed by atoms with E-state index >= 15 is 0 Å². The van der Waals surface area contributed by atoms with Crippen molar-refractivity contribution in [2.45, 2.75) is 39.5 Å². The van der Waals surface area contributed by atoms with Gasteiger partial charge in [0.05, 0.1) is 18.9 Å². The third kappa shape index (κ3) is 4.14. The normalized spacial score (nSPS) is 12.6. The highest BCUT2D eigenvalue weighted by atomic mass is 16.5. The van der Waals surface area contributed by atoms with E-state index in [2.05, 4.69) is 24.4 Å². The lowest BCUT2D eigenvalue weighted by Crippen LogP contribution is -2.17. The molecule has 2 aromatic rings. The van der Waals surface area contributed by atoms with Gasteiger partial charge < -0.3 is 14.5 Å². The summed E-state index contributed by atoms with van der Waals surface area (Å²) < 4.78 is 11.0. The zero-order chi connectivity index (χ0) is 13.7. The Hall–Kier alpha value is -1.74. The van der Waals surface area contributed by atoms with E-state index in [1.165, 1.54) is 5.56 Å². The Labute approximate surface area is 114 Å². The Morgan fingerprint density at radius 2 is 2.00 bits per heavy atom. The highest BCUT2D eigenvalue weighted by molar-refractivity contribution is 5.30. The SMILES string of the molecule is CC(C)Oc1cccc(C(C)NCc2ccco2)c1.